The van der Waals surface area contributed by atoms with Crippen molar-refractivity contribution in [3.63, 3.8) is 0 Å². The topological polar surface area (TPSA) is 75.9 Å². The number of carbonyl (C=O) groups is 1. The van der Waals surface area contributed by atoms with Crippen LogP contribution in [0.15, 0.2) is 40.9 Å². The number of halogens is 1. The first-order valence-electron chi connectivity index (χ1n) is 8.54. The molecular formula is C19H20BrN3O4. The van der Waals surface area contributed by atoms with Gasteiger partial charge in [-0.1, -0.05) is 15.9 Å². The van der Waals surface area contributed by atoms with Crippen molar-refractivity contribution in [3.05, 3.63) is 62.1 Å². The standard InChI is InChI=1S/C19H20BrN3O4/c1-13-11-14(3-5-17(13)20)21(2)19(24)16-12-15(23(25)26)4-6-18(16)22-7-9-27-10-8-22/h3-6,11-12H,7-10H2,1-2H3. The number of anilines is 2. The van der Waals surface area contributed by atoms with Gasteiger partial charge in [0.05, 0.1) is 29.4 Å². The van der Waals surface area contributed by atoms with Gasteiger partial charge in [-0.05, 0) is 36.8 Å². The molecule has 0 saturated carbocycles. The normalized spacial score (nSPS) is 14.1. The number of benzene rings is 2. The second-order valence-corrected chi connectivity index (χ2v) is 7.21. The fourth-order valence-corrected chi connectivity index (χ4v) is 3.27. The van der Waals surface area contributed by atoms with E-state index in [2.05, 4.69) is 15.9 Å². The zero-order valence-corrected chi connectivity index (χ0v) is 16.7. The molecule has 7 nitrogen and oxygen atoms in total. The number of amides is 1. The number of carbonyl (C=O) groups excluding carboxylic acids is 1. The molecule has 0 radical (unpaired) electrons. The molecule has 0 aromatic heterocycles. The predicted octanol–water partition coefficient (Wildman–Crippen LogP) is 3.78. The van der Waals surface area contributed by atoms with Crippen LogP contribution in [0.1, 0.15) is 15.9 Å². The van der Waals surface area contributed by atoms with Crippen LogP contribution in [0.2, 0.25) is 0 Å². The van der Waals surface area contributed by atoms with Gasteiger partial charge in [0.2, 0.25) is 0 Å². The molecule has 1 fully saturated rings. The number of hydrogen-bond acceptors (Lipinski definition) is 5. The van der Waals surface area contributed by atoms with E-state index in [4.69, 9.17) is 4.74 Å². The van der Waals surface area contributed by atoms with Crippen molar-refractivity contribution in [1.29, 1.82) is 0 Å². The molecule has 2 aromatic carbocycles. The number of morpholine rings is 1. The first-order chi connectivity index (χ1) is 12.9. The van der Waals surface area contributed by atoms with E-state index in [0.29, 0.717) is 37.6 Å². The van der Waals surface area contributed by atoms with Crippen molar-refractivity contribution < 1.29 is 14.5 Å². The van der Waals surface area contributed by atoms with Crippen LogP contribution in [-0.4, -0.2) is 44.2 Å². The van der Waals surface area contributed by atoms with Gasteiger partial charge in [0.15, 0.2) is 0 Å². The van der Waals surface area contributed by atoms with Gasteiger partial charge in [-0.3, -0.25) is 14.9 Å². The highest BCUT2D eigenvalue weighted by molar-refractivity contribution is 9.10. The molecule has 0 spiro atoms. The fraction of sp³-hybridized carbons (Fsp3) is 0.316. The molecule has 1 saturated heterocycles. The van der Waals surface area contributed by atoms with E-state index in [1.54, 1.807) is 13.1 Å². The van der Waals surface area contributed by atoms with Crippen molar-refractivity contribution in [2.24, 2.45) is 0 Å². The fourth-order valence-electron chi connectivity index (χ4n) is 3.02. The summed E-state index contributed by atoms with van der Waals surface area (Å²) in [4.78, 5) is 27.5. The van der Waals surface area contributed by atoms with Crippen LogP contribution >= 0.6 is 15.9 Å². The minimum Gasteiger partial charge on any atom is -0.378 e. The van der Waals surface area contributed by atoms with Crippen molar-refractivity contribution in [2.45, 2.75) is 6.92 Å². The number of nitrogens with zero attached hydrogens (tertiary/aromatic N) is 3. The Morgan fingerprint density at radius 2 is 1.93 bits per heavy atom. The predicted molar refractivity (Wildman–Crippen MR) is 108 cm³/mol. The van der Waals surface area contributed by atoms with Crippen LogP contribution in [0, 0.1) is 17.0 Å². The summed E-state index contributed by atoms with van der Waals surface area (Å²) in [6, 6.07) is 10.1. The van der Waals surface area contributed by atoms with Gasteiger partial charge in [-0.25, -0.2) is 0 Å². The summed E-state index contributed by atoms with van der Waals surface area (Å²) in [5, 5.41) is 11.2. The quantitative estimate of drug-likeness (QED) is 0.541. The highest BCUT2D eigenvalue weighted by Crippen LogP contribution is 2.29. The Balaban J connectivity index is 2.01. The molecular weight excluding hydrogens is 414 g/mol. The van der Waals surface area contributed by atoms with Crippen LogP contribution in [0.3, 0.4) is 0 Å². The van der Waals surface area contributed by atoms with Gasteiger partial charge in [-0.2, -0.15) is 0 Å². The van der Waals surface area contributed by atoms with Gasteiger partial charge >= 0.3 is 0 Å². The van der Waals surface area contributed by atoms with Gasteiger partial charge < -0.3 is 14.5 Å². The Morgan fingerprint density at radius 1 is 1.22 bits per heavy atom. The Bertz CT molecular complexity index is 881. The van der Waals surface area contributed by atoms with Gasteiger partial charge in [-0.15, -0.1) is 0 Å². The molecule has 1 aliphatic heterocycles. The third-order valence-corrected chi connectivity index (χ3v) is 5.50. The Kier molecular flexibility index (Phi) is 5.76. The molecule has 8 heteroatoms. The zero-order chi connectivity index (χ0) is 19.6. The lowest BCUT2D eigenvalue weighted by Gasteiger charge is -2.31. The summed E-state index contributed by atoms with van der Waals surface area (Å²) in [5.74, 6) is -0.290. The highest BCUT2D eigenvalue weighted by atomic mass is 79.9. The first kappa shape index (κ1) is 19.3. The minimum absolute atomic E-state index is 0.101. The van der Waals surface area contributed by atoms with Crippen molar-refractivity contribution >= 4 is 38.9 Å². The van der Waals surface area contributed by atoms with E-state index in [-0.39, 0.29) is 11.6 Å². The van der Waals surface area contributed by atoms with E-state index in [9.17, 15) is 14.9 Å². The molecule has 0 unspecified atom stereocenters. The van der Waals surface area contributed by atoms with Crippen LogP contribution in [0.4, 0.5) is 17.1 Å². The lowest BCUT2D eigenvalue weighted by Crippen LogP contribution is -2.38. The molecule has 2 aromatic rings. The molecule has 0 aliphatic carbocycles. The average molecular weight is 434 g/mol. The maximum Gasteiger partial charge on any atom is 0.270 e. The third kappa shape index (κ3) is 4.12. The molecule has 0 N–H and O–H groups in total. The largest absolute Gasteiger partial charge is 0.378 e. The van der Waals surface area contributed by atoms with Crippen LogP contribution in [0.5, 0.6) is 0 Å². The smallest absolute Gasteiger partial charge is 0.270 e. The monoisotopic (exact) mass is 433 g/mol. The van der Waals surface area contributed by atoms with Gasteiger partial charge in [0, 0.05) is 42.4 Å². The number of nitro benzene ring substituents is 1. The van der Waals surface area contributed by atoms with Gasteiger partial charge in [0.1, 0.15) is 0 Å². The van der Waals surface area contributed by atoms with Gasteiger partial charge in [0.25, 0.3) is 11.6 Å². The van der Waals surface area contributed by atoms with Crippen molar-refractivity contribution in [1.82, 2.24) is 0 Å². The molecule has 27 heavy (non-hydrogen) atoms. The molecule has 142 valence electrons. The van der Waals surface area contributed by atoms with Crippen LogP contribution in [-0.2, 0) is 4.74 Å². The highest BCUT2D eigenvalue weighted by Gasteiger charge is 2.24. The Morgan fingerprint density at radius 3 is 2.56 bits per heavy atom. The van der Waals surface area contributed by atoms with E-state index in [0.717, 1.165) is 15.7 Å². The van der Waals surface area contributed by atoms with Crippen molar-refractivity contribution in [3.8, 4) is 0 Å². The number of rotatable bonds is 4. The number of non-ortho nitro benzene ring substituents is 1. The van der Waals surface area contributed by atoms with E-state index < -0.39 is 4.92 Å². The molecule has 0 atom stereocenters. The Labute approximate surface area is 165 Å². The SMILES string of the molecule is Cc1cc(N(C)C(=O)c2cc([N+](=O)[O-])ccc2N2CCOCC2)ccc1Br. The molecule has 1 amide bonds. The molecule has 1 aliphatic rings. The van der Waals surface area contributed by atoms with Crippen molar-refractivity contribution in [2.75, 3.05) is 43.2 Å². The molecule has 0 bridgehead atoms. The first-order valence-corrected chi connectivity index (χ1v) is 9.33. The summed E-state index contributed by atoms with van der Waals surface area (Å²) < 4.78 is 6.33. The number of aryl methyl sites for hydroxylation is 1. The maximum absolute atomic E-state index is 13.2. The summed E-state index contributed by atoms with van der Waals surface area (Å²) in [5.41, 5.74) is 2.62. The Hall–Kier alpha value is -2.45. The summed E-state index contributed by atoms with van der Waals surface area (Å²) in [7, 11) is 1.67. The average Bonchev–Trinajstić information content (AvgIpc) is 2.69. The zero-order valence-electron chi connectivity index (χ0n) is 15.1. The lowest BCUT2D eigenvalue weighted by atomic mass is 10.1. The number of ether oxygens (including phenoxy) is 1. The second kappa shape index (κ2) is 8.06. The summed E-state index contributed by atoms with van der Waals surface area (Å²) in [6.45, 7) is 4.34. The van der Waals surface area contributed by atoms with E-state index >= 15 is 0 Å². The van der Waals surface area contributed by atoms with E-state index in [1.807, 2.05) is 30.0 Å². The summed E-state index contributed by atoms with van der Waals surface area (Å²) >= 11 is 3.45. The van der Waals surface area contributed by atoms with Crippen LogP contribution < -0.4 is 9.80 Å². The maximum atomic E-state index is 13.2. The van der Waals surface area contributed by atoms with Crippen LogP contribution in [0.25, 0.3) is 0 Å². The second-order valence-electron chi connectivity index (χ2n) is 6.36. The van der Waals surface area contributed by atoms with E-state index in [1.165, 1.54) is 17.0 Å². The molecule has 1 heterocycles. The number of hydrogen-bond donors (Lipinski definition) is 0. The summed E-state index contributed by atoms with van der Waals surface area (Å²) in [6.07, 6.45) is 0. The lowest BCUT2D eigenvalue weighted by molar-refractivity contribution is -0.384. The third-order valence-electron chi connectivity index (χ3n) is 4.61. The number of nitro groups is 1. The minimum atomic E-state index is -0.482. The molecule has 3 rings (SSSR count).